The molecule has 2 aliphatic heterocycles. The number of hydrogen-bond donors (Lipinski definition) is 0. The van der Waals surface area contributed by atoms with E-state index in [0.717, 1.165) is 47.9 Å². The molecule has 2 aromatic carbocycles. The zero-order valence-corrected chi connectivity index (χ0v) is 23.5. The molecule has 0 N–H and O–H groups in total. The number of carbonyl (C=O) groups excluding carboxylic acids is 1. The fourth-order valence-corrected chi connectivity index (χ4v) is 8.16. The normalized spacial score (nSPS) is 18.0. The molecule has 0 atom stereocenters. The Hall–Kier alpha value is -1.78. The van der Waals surface area contributed by atoms with E-state index in [4.69, 9.17) is 27.6 Å². The second kappa shape index (κ2) is 10.5. The standard InChI is InChI=1S/C25H26BrCl2N3O4S/c26-23-17-16-22(25(32)30-10-2-1-3-11-30)35-21(17)9-8-20(23)29-12-5-13-31(15-14-29)36(33,34)24-18(27)6-4-7-19(24)28/h4,6-9,16H,1-3,5,10-15H2. The van der Waals surface area contributed by atoms with Gasteiger partial charge in [-0.05, 0) is 71.9 Å². The highest BCUT2D eigenvalue weighted by atomic mass is 79.9. The maximum atomic E-state index is 13.3. The summed E-state index contributed by atoms with van der Waals surface area (Å²) in [6, 6.07) is 10.3. The van der Waals surface area contributed by atoms with Gasteiger partial charge in [-0.3, -0.25) is 4.79 Å². The van der Waals surface area contributed by atoms with Crippen molar-refractivity contribution in [2.75, 3.05) is 44.2 Å². The Bertz CT molecular complexity index is 1390. The van der Waals surface area contributed by atoms with Crippen molar-refractivity contribution >= 4 is 71.7 Å². The fourth-order valence-electron chi connectivity index (χ4n) is 4.90. The molecule has 0 bridgehead atoms. The van der Waals surface area contributed by atoms with Gasteiger partial charge in [0.2, 0.25) is 10.0 Å². The number of nitrogens with zero attached hydrogens (tertiary/aromatic N) is 3. The topological polar surface area (TPSA) is 74.1 Å². The van der Waals surface area contributed by atoms with Gasteiger partial charge in [-0.1, -0.05) is 29.3 Å². The summed E-state index contributed by atoms with van der Waals surface area (Å²) < 4.78 is 34.9. The lowest BCUT2D eigenvalue weighted by atomic mass is 10.1. The first-order valence-corrected chi connectivity index (χ1v) is 15.0. The average molecular weight is 615 g/mol. The van der Waals surface area contributed by atoms with Crippen molar-refractivity contribution < 1.29 is 17.6 Å². The number of rotatable bonds is 4. The zero-order chi connectivity index (χ0) is 25.4. The van der Waals surface area contributed by atoms with Crippen molar-refractivity contribution in [3.05, 3.63) is 56.7 Å². The van der Waals surface area contributed by atoms with Gasteiger partial charge in [0.1, 0.15) is 10.5 Å². The summed E-state index contributed by atoms with van der Waals surface area (Å²) in [5.74, 6) is 0.266. The van der Waals surface area contributed by atoms with E-state index in [9.17, 15) is 13.2 Å². The third-order valence-electron chi connectivity index (χ3n) is 6.78. The second-order valence-electron chi connectivity index (χ2n) is 9.07. The summed E-state index contributed by atoms with van der Waals surface area (Å²) in [5.41, 5.74) is 1.56. The SMILES string of the molecule is O=C(c1cc2c(Br)c(N3CCCN(S(=O)(=O)c4c(Cl)cccc4Cl)CC3)ccc2o1)N1CCCCC1. The van der Waals surface area contributed by atoms with E-state index < -0.39 is 10.0 Å². The minimum Gasteiger partial charge on any atom is -0.451 e. The molecule has 192 valence electrons. The van der Waals surface area contributed by atoms with Crippen LogP contribution in [0.1, 0.15) is 36.2 Å². The molecule has 2 saturated heterocycles. The molecule has 5 rings (SSSR count). The van der Waals surface area contributed by atoms with Gasteiger partial charge in [0.05, 0.1) is 20.2 Å². The second-order valence-corrected chi connectivity index (χ2v) is 12.6. The van der Waals surface area contributed by atoms with Gasteiger partial charge in [-0.2, -0.15) is 4.31 Å². The van der Waals surface area contributed by atoms with Crippen LogP contribution in [0.5, 0.6) is 0 Å². The summed E-state index contributed by atoms with van der Waals surface area (Å²) in [5, 5.41) is 1.06. The molecule has 0 saturated carbocycles. The van der Waals surface area contributed by atoms with Crippen LogP contribution < -0.4 is 4.90 Å². The maximum absolute atomic E-state index is 13.3. The molecular formula is C25H26BrCl2N3O4S. The third kappa shape index (κ3) is 4.88. The Morgan fingerprint density at radius 3 is 2.33 bits per heavy atom. The maximum Gasteiger partial charge on any atom is 0.289 e. The molecule has 3 aromatic rings. The highest BCUT2D eigenvalue weighted by molar-refractivity contribution is 9.10. The highest BCUT2D eigenvalue weighted by Gasteiger charge is 2.31. The number of amides is 1. The molecule has 0 aliphatic carbocycles. The van der Waals surface area contributed by atoms with Gasteiger partial charge < -0.3 is 14.2 Å². The van der Waals surface area contributed by atoms with Crippen molar-refractivity contribution in [3.8, 4) is 0 Å². The summed E-state index contributed by atoms with van der Waals surface area (Å²) in [6.45, 7) is 3.33. The monoisotopic (exact) mass is 613 g/mol. The van der Waals surface area contributed by atoms with E-state index in [1.54, 1.807) is 12.1 Å². The van der Waals surface area contributed by atoms with Crippen molar-refractivity contribution in [3.63, 3.8) is 0 Å². The molecule has 1 aromatic heterocycles. The molecule has 11 heteroatoms. The van der Waals surface area contributed by atoms with E-state index in [2.05, 4.69) is 20.8 Å². The molecule has 2 fully saturated rings. The number of furan rings is 1. The number of fused-ring (bicyclic) bond motifs is 1. The Labute approximate surface area is 229 Å². The first kappa shape index (κ1) is 25.9. The number of benzene rings is 2. The number of sulfonamides is 1. The predicted molar refractivity (Wildman–Crippen MR) is 146 cm³/mol. The molecule has 1 amide bonds. The van der Waals surface area contributed by atoms with Gasteiger partial charge in [-0.25, -0.2) is 8.42 Å². The van der Waals surface area contributed by atoms with Crippen LogP contribution in [0.4, 0.5) is 5.69 Å². The highest BCUT2D eigenvalue weighted by Crippen LogP contribution is 2.37. The van der Waals surface area contributed by atoms with Crippen LogP contribution >= 0.6 is 39.1 Å². The molecular weight excluding hydrogens is 589 g/mol. The summed E-state index contributed by atoms with van der Waals surface area (Å²) in [4.78, 5) is 16.9. The molecule has 36 heavy (non-hydrogen) atoms. The molecule has 2 aliphatic rings. The van der Waals surface area contributed by atoms with Gasteiger partial charge in [0.25, 0.3) is 5.91 Å². The van der Waals surface area contributed by atoms with Crippen molar-refractivity contribution in [1.29, 1.82) is 0 Å². The summed E-state index contributed by atoms with van der Waals surface area (Å²) in [7, 11) is -3.84. The first-order valence-electron chi connectivity index (χ1n) is 12.0. The van der Waals surface area contributed by atoms with Crippen molar-refractivity contribution in [2.45, 2.75) is 30.6 Å². The smallest absolute Gasteiger partial charge is 0.289 e. The summed E-state index contributed by atoms with van der Waals surface area (Å²) >= 11 is 16.1. The van der Waals surface area contributed by atoms with Crippen LogP contribution in [0.15, 0.2) is 50.2 Å². The van der Waals surface area contributed by atoms with Crippen LogP contribution in [-0.2, 0) is 10.0 Å². The summed E-state index contributed by atoms with van der Waals surface area (Å²) in [6.07, 6.45) is 3.82. The van der Waals surface area contributed by atoms with E-state index in [-0.39, 0.29) is 20.8 Å². The minimum atomic E-state index is -3.84. The van der Waals surface area contributed by atoms with Gasteiger partial charge in [0, 0.05) is 44.7 Å². The van der Waals surface area contributed by atoms with Crippen LogP contribution in [0.25, 0.3) is 11.0 Å². The minimum absolute atomic E-state index is 0.0475. The van der Waals surface area contributed by atoms with Crippen LogP contribution in [0.3, 0.4) is 0 Å². The fraction of sp³-hybridized carbons (Fsp3) is 0.400. The Morgan fingerprint density at radius 2 is 1.61 bits per heavy atom. The van der Waals surface area contributed by atoms with E-state index >= 15 is 0 Å². The lowest BCUT2D eigenvalue weighted by molar-refractivity contribution is 0.0694. The van der Waals surface area contributed by atoms with Crippen molar-refractivity contribution in [2.24, 2.45) is 0 Å². The predicted octanol–water partition coefficient (Wildman–Crippen LogP) is 6.03. The number of likely N-dealkylation sites (tertiary alicyclic amines) is 1. The Balaban J connectivity index is 1.37. The average Bonchev–Trinajstić information content (AvgIpc) is 3.15. The third-order valence-corrected chi connectivity index (χ3v) is 10.5. The first-order chi connectivity index (χ1) is 17.3. The number of piperidine rings is 1. The van der Waals surface area contributed by atoms with E-state index in [1.165, 1.54) is 16.4 Å². The van der Waals surface area contributed by atoms with Crippen molar-refractivity contribution in [1.82, 2.24) is 9.21 Å². The molecule has 3 heterocycles. The van der Waals surface area contributed by atoms with Crippen LogP contribution in [-0.4, -0.2) is 62.8 Å². The molecule has 0 radical (unpaired) electrons. The number of halogens is 3. The van der Waals surface area contributed by atoms with E-state index in [1.807, 2.05) is 17.0 Å². The van der Waals surface area contributed by atoms with Gasteiger partial charge in [0.15, 0.2) is 5.76 Å². The quantitative estimate of drug-likeness (QED) is 0.359. The number of anilines is 1. The van der Waals surface area contributed by atoms with Gasteiger partial charge in [-0.15, -0.1) is 0 Å². The largest absolute Gasteiger partial charge is 0.451 e. The Kier molecular flexibility index (Phi) is 7.56. The lowest BCUT2D eigenvalue weighted by Crippen LogP contribution is -2.35. The molecule has 0 unspecified atom stereocenters. The molecule has 0 spiro atoms. The van der Waals surface area contributed by atoms with Gasteiger partial charge >= 0.3 is 0 Å². The van der Waals surface area contributed by atoms with Crippen LogP contribution in [0, 0.1) is 0 Å². The van der Waals surface area contributed by atoms with Crippen LogP contribution in [0.2, 0.25) is 10.0 Å². The Morgan fingerprint density at radius 1 is 0.889 bits per heavy atom. The van der Waals surface area contributed by atoms with E-state index in [0.29, 0.717) is 43.9 Å². The number of hydrogen-bond acceptors (Lipinski definition) is 5. The number of carbonyl (C=O) groups is 1. The lowest BCUT2D eigenvalue weighted by Gasteiger charge is -2.25. The zero-order valence-electron chi connectivity index (χ0n) is 19.6. The molecule has 7 nitrogen and oxygen atoms in total.